The molecule has 3 rings (SSSR count). The molecule has 3 N–H and O–H groups in total. The molecule has 1 aliphatic heterocycles. The van der Waals surface area contributed by atoms with Gasteiger partial charge in [-0.25, -0.2) is 0 Å². The summed E-state index contributed by atoms with van der Waals surface area (Å²) < 4.78 is 5.34. The number of aliphatic hydroxyl groups is 3. The van der Waals surface area contributed by atoms with Crippen molar-refractivity contribution in [1.29, 1.82) is 0 Å². The van der Waals surface area contributed by atoms with Crippen LogP contribution in [0.1, 0.15) is 6.92 Å². The van der Waals surface area contributed by atoms with E-state index in [4.69, 9.17) is 4.74 Å². The first-order chi connectivity index (χ1) is 5.57. The Kier molecular flexibility index (Phi) is 1.03. The van der Waals surface area contributed by atoms with Crippen molar-refractivity contribution in [2.45, 2.75) is 36.9 Å². The minimum absolute atomic E-state index is 0.0417. The van der Waals surface area contributed by atoms with Gasteiger partial charge in [0.25, 0.3) is 0 Å². The van der Waals surface area contributed by atoms with Gasteiger partial charge in [0.1, 0.15) is 6.10 Å². The maximum absolute atomic E-state index is 9.53. The Bertz CT molecular complexity index is 243. The number of aliphatic hydroxyl groups excluding tert-OH is 3. The summed E-state index contributed by atoms with van der Waals surface area (Å²) in [4.78, 5) is 0. The molecule has 4 nitrogen and oxygen atoms in total. The van der Waals surface area contributed by atoms with E-state index < -0.39 is 18.3 Å². The predicted octanol–water partition coefficient (Wildman–Crippen LogP) is -1.51. The van der Waals surface area contributed by atoms with Crippen LogP contribution >= 0.6 is 0 Å². The van der Waals surface area contributed by atoms with Crippen molar-refractivity contribution in [3.63, 3.8) is 0 Å². The third-order valence-corrected chi connectivity index (χ3v) is 3.78. The van der Waals surface area contributed by atoms with Gasteiger partial charge in [-0.15, -0.1) is 0 Å². The first-order valence-corrected chi connectivity index (χ1v) is 4.29. The molecule has 68 valence electrons. The van der Waals surface area contributed by atoms with Crippen molar-refractivity contribution in [2.75, 3.05) is 0 Å². The number of hydrogen-bond acceptors (Lipinski definition) is 4. The maximum atomic E-state index is 9.53. The minimum atomic E-state index is -0.978. The summed E-state index contributed by atoms with van der Waals surface area (Å²) >= 11 is 0. The second-order valence-corrected chi connectivity index (χ2v) is 4.30. The van der Waals surface area contributed by atoms with E-state index >= 15 is 0 Å². The molecular formula is C8H12O4. The average molecular weight is 172 g/mol. The number of epoxide rings is 1. The monoisotopic (exact) mass is 172 g/mol. The van der Waals surface area contributed by atoms with Crippen molar-refractivity contribution < 1.29 is 20.1 Å². The molecule has 4 heteroatoms. The Morgan fingerprint density at radius 3 is 2.33 bits per heavy atom. The third kappa shape index (κ3) is 0.510. The largest absolute Gasteiger partial charge is 0.390 e. The lowest BCUT2D eigenvalue weighted by Crippen LogP contribution is -2.48. The fourth-order valence-corrected chi connectivity index (χ4v) is 3.02. The first-order valence-electron chi connectivity index (χ1n) is 4.29. The highest BCUT2D eigenvalue weighted by Gasteiger charge is 2.80. The van der Waals surface area contributed by atoms with Crippen LogP contribution in [0.2, 0.25) is 0 Å². The predicted molar refractivity (Wildman–Crippen MR) is 38.3 cm³/mol. The molecule has 2 saturated carbocycles. The van der Waals surface area contributed by atoms with E-state index in [1.807, 2.05) is 6.92 Å². The molecule has 7 unspecified atom stereocenters. The highest BCUT2D eigenvalue weighted by molar-refractivity contribution is 5.28. The fraction of sp³-hybridized carbons (Fsp3) is 1.00. The van der Waals surface area contributed by atoms with Gasteiger partial charge in [-0.1, -0.05) is 0 Å². The van der Waals surface area contributed by atoms with Gasteiger partial charge in [-0.05, 0) is 6.92 Å². The Labute approximate surface area is 69.8 Å². The molecule has 3 fully saturated rings. The summed E-state index contributed by atoms with van der Waals surface area (Å²) in [5.41, 5.74) is -0.247. The SMILES string of the molecule is CC12OC1C1C(O)C(O)C(O)C12. The molecular weight excluding hydrogens is 160 g/mol. The molecule has 2 aliphatic carbocycles. The van der Waals surface area contributed by atoms with Crippen LogP contribution < -0.4 is 0 Å². The Morgan fingerprint density at radius 1 is 1.08 bits per heavy atom. The van der Waals surface area contributed by atoms with Gasteiger partial charge < -0.3 is 20.1 Å². The summed E-state index contributed by atoms with van der Waals surface area (Å²) in [6, 6.07) is 0. The summed E-state index contributed by atoms with van der Waals surface area (Å²) in [6.45, 7) is 1.92. The molecule has 0 bridgehead atoms. The number of rotatable bonds is 0. The fourth-order valence-electron chi connectivity index (χ4n) is 3.02. The van der Waals surface area contributed by atoms with Gasteiger partial charge >= 0.3 is 0 Å². The second kappa shape index (κ2) is 1.70. The van der Waals surface area contributed by atoms with Crippen LogP contribution in [0.15, 0.2) is 0 Å². The summed E-state index contributed by atoms with van der Waals surface area (Å²) in [6.07, 6.45) is -2.52. The molecule has 1 saturated heterocycles. The normalized spacial score (nSPS) is 73.0. The average Bonchev–Trinajstić information content (AvgIpc) is 2.51. The van der Waals surface area contributed by atoms with Crippen molar-refractivity contribution in [3.05, 3.63) is 0 Å². The Morgan fingerprint density at radius 2 is 1.75 bits per heavy atom. The van der Waals surface area contributed by atoms with E-state index in [1.54, 1.807) is 0 Å². The zero-order valence-electron chi connectivity index (χ0n) is 6.71. The molecule has 0 aromatic heterocycles. The van der Waals surface area contributed by atoms with E-state index in [9.17, 15) is 15.3 Å². The highest BCUT2D eigenvalue weighted by Crippen LogP contribution is 2.67. The second-order valence-electron chi connectivity index (χ2n) is 4.30. The summed E-state index contributed by atoms with van der Waals surface area (Å²) in [7, 11) is 0. The zero-order valence-corrected chi connectivity index (χ0v) is 6.71. The van der Waals surface area contributed by atoms with E-state index in [1.165, 1.54) is 0 Å². The van der Waals surface area contributed by atoms with Crippen molar-refractivity contribution >= 4 is 0 Å². The van der Waals surface area contributed by atoms with Crippen molar-refractivity contribution in [3.8, 4) is 0 Å². The maximum Gasteiger partial charge on any atom is 0.106 e. The van der Waals surface area contributed by atoms with Crippen LogP contribution in [0.5, 0.6) is 0 Å². The standard InChI is InChI=1S/C8H12O4/c1-8-3-2(7(8)12-8)4(9)6(11)5(3)10/h2-7,9-11H,1H3. The summed E-state index contributed by atoms with van der Waals surface area (Å²) in [5.74, 6) is -0.104. The molecule has 1 heterocycles. The van der Waals surface area contributed by atoms with Crippen LogP contribution in [0, 0.1) is 11.8 Å². The zero-order chi connectivity index (χ0) is 8.67. The molecule has 0 amide bonds. The van der Waals surface area contributed by atoms with E-state index in [-0.39, 0.29) is 23.5 Å². The smallest absolute Gasteiger partial charge is 0.106 e. The van der Waals surface area contributed by atoms with E-state index in [0.29, 0.717) is 0 Å². The van der Waals surface area contributed by atoms with Gasteiger partial charge in [-0.3, -0.25) is 0 Å². The van der Waals surface area contributed by atoms with Gasteiger partial charge in [0, 0.05) is 11.8 Å². The first kappa shape index (κ1) is 7.26. The number of fused-ring (bicyclic) bond motifs is 4. The van der Waals surface area contributed by atoms with Gasteiger partial charge in [0.15, 0.2) is 0 Å². The molecule has 12 heavy (non-hydrogen) atoms. The Hall–Kier alpha value is -0.160. The lowest BCUT2D eigenvalue weighted by Gasteiger charge is -2.34. The van der Waals surface area contributed by atoms with E-state index in [2.05, 4.69) is 0 Å². The molecule has 0 radical (unpaired) electrons. The van der Waals surface area contributed by atoms with Gasteiger partial charge in [0.2, 0.25) is 0 Å². The molecule has 0 aromatic carbocycles. The quantitative estimate of drug-likeness (QED) is 0.388. The topological polar surface area (TPSA) is 73.2 Å². The molecule has 0 aromatic rings. The van der Waals surface area contributed by atoms with Gasteiger partial charge in [0.05, 0.1) is 23.9 Å². The van der Waals surface area contributed by atoms with E-state index in [0.717, 1.165) is 0 Å². The molecule has 3 aliphatic rings. The van der Waals surface area contributed by atoms with Gasteiger partial charge in [-0.2, -0.15) is 0 Å². The summed E-state index contributed by atoms with van der Waals surface area (Å²) in [5, 5.41) is 28.4. The van der Waals surface area contributed by atoms with Crippen LogP contribution in [-0.2, 0) is 4.74 Å². The minimum Gasteiger partial charge on any atom is -0.390 e. The number of hydrogen-bond donors (Lipinski definition) is 3. The Balaban J connectivity index is 1.93. The van der Waals surface area contributed by atoms with Crippen LogP contribution in [0.4, 0.5) is 0 Å². The van der Waals surface area contributed by atoms with Crippen LogP contribution in [-0.4, -0.2) is 45.3 Å². The number of ether oxygens (including phenoxy) is 1. The van der Waals surface area contributed by atoms with Crippen molar-refractivity contribution in [1.82, 2.24) is 0 Å². The lowest BCUT2D eigenvalue weighted by atomic mass is 9.66. The van der Waals surface area contributed by atoms with Crippen LogP contribution in [0.25, 0.3) is 0 Å². The van der Waals surface area contributed by atoms with Crippen LogP contribution in [0.3, 0.4) is 0 Å². The molecule has 7 atom stereocenters. The highest BCUT2D eigenvalue weighted by atomic mass is 16.6. The molecule has 0 spiro atoms. The lowest BCUT2D eigenvalue weighted by molar-refractivity contribution is -0.0331. The van der Waals surface area contributed by atoms with Crippen molar-refractivity contribution in [2.24, 2.45) is 11.8 Å². The third-order valence-electron chi connectivity index (χ3n) is 3.78.